The van der Waals surface area contributed by atoms with Gasteiger partial charge in [0.15, 0.2) is 15.4 Å². The number of halogens is 2. The Morgan fingerprint density at radius 1 is 1.13 bits per heavy atom. The highest BCUT2D eigenvalue weighted by Crippen LogP contribution is 2.37. The predicted octanol–water partition coefficient (Wildman–Crippen LogP) is 3.94. The van der Waals surface area contributed by atoms with Gasteiger partial charge >= 0.3 is 0 Å². The number of carbonyl (C=O) groups excluding carboxylic acids is 1. The molecule has 2 aromatic carbocycles. The molecule has 2 N–H and O–H groups in total. The molecule has 1 atom stereocenters. The van der Waals surface area contributed by atoms with Crippen molar-refractivity contribution in [3.8, 4) is 0 Å². The number of sulfone groups is 1. The number of anilines is 2. The monoisotopic (exact) mass is 462 g/mol. The van der Waals surface area contributed by atoms with Gasteiger partial charge in [-0.3, -0.25) is 4.79 Å². The standard InChI is InChI=1S/C20H16Cl2N4O3S/c1-30(28,29)16-4-2-3-15(11-16)24-19(27)20(13-5-7-14(21)8-6-13)12-17(22)26-18(25-20)9-10-23-26/h2-12,25H,1H3,(H,24,27). The molecule has 30 heavy (non-hydrogen) atoms. The molecule has 10 heteroatoms. The van der Waals surface area contributed by atoms with Crippen molar-refractivity contribution in [3.63, 3.8) is 0 Å². The molecule has 2 heterocycles. The zero-order valence-corrected chi connectivity index (χ0v) is 18.0. The second-order valence-electron chi connectivity index (χ2n) is 6.79. The van der Waals surface area contributed by atoms with E-state index < -0.39 is 21.3 Å². The van der Waals surface area contributed by atoms with Crippen LogP contribution in [0, 0.1) is 0 Å². The third-order valence-corrected chi connectivity index (χ3v) is 6.32. The van der Waals surface area contributed by atoms with Crippen LogP contribution in [-0.2, 0) is 20.2 Å². The molecule has 154 valence electrons. The first-order valence-electron chi connectivity index (χ1n) is 8.78. The van der Waals surface area contributed by atoms with Gasteiger partial charge in [0, 0.05) is 23.0 Å². The largest absolute Gasteiger partial charge is 0.349 e. The van der Waals surface area contributed by atoms with E-state index in [0.29, 0.717) is 22.1 Å². The highest BCUT2D eigenvalue weighted by molar-refractivity contribution is 7.90. The summed E-state index contributed by atoms with van der Waals surface area (Å²) < 4.78 is 25.2. The van der Waals surface area contributed by atoms with Crippen molar-refractivity contribution in [2.45, 2.75) is 10.4 Å². The van der Waals surface area contributed by atoms with Gasteiger partial charge in [-0.2, -0.15) is 5.10 Å². The van der Waals surface area contributed by atoms with Crippen molar-refractivity contribution in [1.29, 1.82) is 0 Å². The van der Waals surface area contributed by atoms with Crippen molar-refractivity contribution < 1.29 is 13.2 Å². The van der Waals surface area contributed by atoms with Gasteiger partial charge in [-0.25, -0.2) is 13.1 Å². The molecule has 0 aliphatic carbocycles. The fourth-order valence-corrected chi connectivity index (χ4v) is 4.29. The summed E-state index contributed by atoms with van der Waals surface area (Å²) in [6, 6.07) is 14.5. The molecule has 1 unspecified atom stereocenters. The topological polar surface area (TPSA) is 93.1 Å². The first-order chi connectivity index (χ1) is 14.2. The third kappa shape index (κ3) is 3.69. The molecule has 1 amide bonds. The minimum absolute atomic E-state index is 0.101. The Bertz CT molecular complexity index is 1270. The first-order valence-corrected chi connectivity index (χ1v) is 11.4. The van der Waals surface area contributed by atoms with Gasteiger partial charge in [0.2, 0.25) is 0 Å². The van der Waals surface area contributed by atoms with Crippen LogP contribution in [0.4, 0.5) is 11.5 Å². The summed E-state index contributed by atoms with van der Waals surface area (Å²) >= 11 is 12.4. The zero-order valence-electron chi connectivity index (χ0n) is 15.6. The Kier molecular flexibility index (Phi) is 5.09. The normalized spacial score (nSPS) is 18.2. The van der Waals surface area contributed by atoms with Gasteiger partial charge in [-0.15, -0.1) is 0 Å². The SMILES string of the molecule is CS(=O)(=O)c1cccc(NC(=O)C2(c3ccc(Cl)cc3)C=C(Cl)n3nccc3N2)c1. The van der Waals surface area contributed by atoms with Crippen LogP contribution in [0.15, 0.2) is 71.8 Å². The number of hydrogen-bond acceptors (Lipinski definition) is 5. The van der Waals surface area contributed by atoms with Crippen molar-refractivity contribution in [1.82, 2.24) is 9.78 Å². The van der Waals surface area contributed by atoms with Crippen molar-refractivity contribution in [2.24, 2.45) is 0 Å². The van der Waals surface area contributed by atoms with Gasteiger partial charge in [0.25, 0.3) is 5.91 Å². The van der Waals surface area contributed by atoms with Crippen LogP contribution in [0.3, 0.4) is 0 Å². The average molecular weight is 463 g/mol. The van der Waals surface area contributed by atoms with E-state index in [-0.39, 0.29) is 10.1 Å². The summed E-state index contributed by atoms with van der Waals surface area (Å²) in [6.45, 7) is 0. The van der Waals surface area contributed by atoms with Crippen LogP contribution in [0.25, 0.3) is 5.16 Å². The Hall–Kier alpha value is -2.81. The number of hydrogen-bond donors (Lipinski definition) is 2. The molecular formula is C20H16Cl2N4O3S. The maximum absolute atomic E-state index is 13.5. The van der Waals surface area contributed by atoms with E-state index in [4.69, 9.17) is 23.2 Å². The molecule has 0 fully saturated rings. The molecule has 7 nitrogen and oxygen atoms in total. The molecule has 0 radical (unpaired) electrons. The Labute approximate surface area is 183 Å². The highest BCUT2D eigenvalue weighted by atomic mass is 35.5. The summed E-state index contributed by atoms with van der Waals surface area (Å²) in [5, 5.41) is 10.9. The predicted molar refractivity (Wildman–Crippen MR) is 117 cm³/mol. The van der Waals surface area contributed by atoms with Crippen LogP contribution in [-0.4, -0.2) is 30.4 Å². The van der Waals surface area contributed by atoms with Crippen molar-refractivity contribution in [2.75, 3.05) is 16.9 Å². The minimum Gasteiger partial charge on any atom is -0.349 e. The number of aromatic nitrogens is 2. The summed E-state index contributed by atoms with van der Waals surface area (Å²) in [5.74, 6) is 0.0681. The Balaban J connectivity index is 1.79. The second kappa shape index (κ2) is 7.46. The third-order valence-electron chi connectivity index (χ3n) is 4.68. The van der Waals surface area contributed by atoms with E-state index in [2.05, 4.69) is 15.7 Å². The van der Waals surface area contributed by atoms with Gasteiger partial charge in [-0.05, 0) is 42.0 Å². The van der Waals surface area contributed by atoms with Crippen LogP contribution in [0.1, 0.15) is 5.56 Å². The lowest BCUT2D eigenvalue weighted by Gasteiger charge is -2.35. The first kappa shape index (κ1) is 20.5. The van der Waals surface area contributed by atoms with E-state index in [0.717, 1.165) is 6.26 Å². The van der Waals surface area contributed by atoms with E-state index in [9.17, 15) is 13.2 Å². The lowest BCUT2D eigenvalue weighted by molar-refractivity contribution is -0.119. The summed E-state index contributed by atoms with van der Waals surface area (Å²) in [4.78, 5) is 13.6. The number of nitrogens with one attached hydrogen (secondary N) is 2. The summed E-state index contributed by atoms with van der Waals surface area (Å²) in [7, 11) is -3.43. The fraction of sp³-hybridized carbons (Fsp3) is 0.100. The van der Waals surface area contributed by atoms with Crippen molar-refractivity contribution >= 4 is 55.6 Å². The van der Waals surface area contributed by atoms with Crippen LogP contribution < -0.4 is 10.6 Å². The number of rotatable bonds is 4. The van der Waals surface area contributed by atoms with Gasteiger partial charge in [0.1, 0.15) is 11.0 Å². The van der Waals surface area contributed by atoms with Gasteiger partial charge in [-0.1, -0.05) is 41.4 Å². The number of nitrogens with zero attached hydrogens (tertiary/aromatic N) is 2. The van der Waals surface area contributed by atoms with Crippen LogP contribution in [0.5, 0.6) is 0 Å². The second-order valence-corrected chi connectivity index (χ2v) is 9.63. The zero-order chi connectivity index (χ0) is 21.5. The van der Waals surface area contributed by atoms with Crippen LogP contribution >= 0.6 is 23.2 Å². The smallest absolute Gasteiger partial charge is 0.258 e. The van der Waals surface area contributed by atoms with Crippen molar-refractivity contribution in [3.05, 3.63) is 77.5 Å². The number of fused-ring (bicyclic) bond motifs is 1. The fourth-order valence-electron chi connectivity index (χ4n) is 3.20. The molecular weight excluding hydrogens is 447 g/mol. The molecule has 0 spiro atoms. The summed E-state index contributed by atoms with van der Waals surface area (Å²) in [6.07, 6.45) is 4.22. The maximum Gasteiger partial charge on any atom is 0.258 e. The van der Waals surface area contributed by atoms with E-state index >= 15 is 0 Å². The molecule has 1 aliphatic heterocycles. The number of amides is 1. The molecule has 3 aromatic rings. The van der Waals surface area contributed by atoms with E-state index in [1.165, 1.54) is 16.8 Å². The molecule has 1 aliphatic rings. The molecule has 0 bridgehead atoms. The summed E-state index contributed by atoms with van der Waals surface area (Å²) in [5.41, 5.74) is -0.449. The van der Waals surface area contributed by atoms with E-state index in [1.807, 2.05) is 0 Å². The molecule has 4 rings (SSSR count). The number of carbonyl (C=O) groups is 1. The molecule has 0 saturated carbocycles. The molecule has 1 aromatic heterocycles. The quantitative estimate of drug-likeness (QED) is 0.612. The lowest BCUT2D eigenvalue weighted by Crippen LogP contribution is -2.47. The Morgan fingerprint density at radius 2 is 1.87 bits per heavy atom. The molecule has 0 saturated heterocycles. The van der Waals surface area contributed by atoms with Gasteiger partial charge < -0.3 is 10.6 Å². The minimum atomic E-state index is -3.43. The Morgan fingerprint density at radius 3 is 2.57 bits per heavy atom. The number of benzene rings is 2. The maximum atomic E-state index is 13.5. The lowest BCUT2D eigenvalue weighted by atomic mass is 9.87. The van der Waals surface area contributed by atoms with Crippen LogP contribution in [0.2, 0.25) is 5.02 Å². The van der Waals surface area contributed by atoms with Gasteiger partial charge in [0.05, 0.1) is 11.1 Å². The highest BCUT2D eigenvalue weighted by Gasteiger charge is 2.42. The average Bonchev–Trinajstić information content (AvgIpc) is 3.17. The van der Waals surface area contributed by atoms with E-state index in [1.54, 1.807) is 54.7 Å².